The Hall–Kier alpha value is -4.46. The summed E-state index contributed by atoms with van der Waals surface area (Å²) in [5.74, 6) is 0.371. The van der Waals surface area contributed by atoms with Crippen molar-refractivity contribution in [2.45, 2.75) is 32.7 Å². The molecule has 0 aliphatic carbocycles. The molecular weight excluding hydrogens is 452 g/mol. The van der Waals surface area contributed by atoms with Crippen molar-refractivity contribution in [1.82, 2.24) is 29.4 Å². The Balaban J connectivity index is 1.47. The fourth-order valence-corrected chi connectivity index (χ4v) is 4.36. The van der Waals surface area contributed by atoms with Gasteiger partial charge in [0.05, 0.1) is 11.4 Å². The molecule has 0 saturated heterocycles. The Morgan fingerprint density at radius 3 is 2.31 bits per heavy atom. The third-order valence-corrected chi connectivity index (χ3v) is 6.26. The molecule has 0 radical (unpaired) electrons. The van der Waals surface area contributed by atoms with Crippen LogP contribution in [-0.2, 0) is 11.2 Å². The Bertz CT molecular complexity index is 1540. The molecule has 0 unspecified atom stereocenters. The summed E-state index contributed by atoms with van der Waals surface area (Å²) in [6.45, 7) is 4.03. The first-order valence-corrected chi connectivity index (χ1v) is 12.1. The third-order valence-electron chi connectivity index (χ3n) is 6.26. The monoisotopic (exact) mass is 480 g/mol. The van der Waals surface area contributed by atoms with Gasteiger partial charge in [0.15, 0.2) is 5.82 Å². The van der Waals surface area contributed by atoms with Gasteiger partial charge in [0.25, 0.3) is 5.56 Å². The normalized spacial score (nSPS) is 12.1. The first-order chi connectivity index (χ1) is 17.5. The van der Waals surface area contributed by atoms with Crippen molar-refractivity contribution >= 4 is 16.8 Å². The minimum absolute atomic E-state index is 0.241. The van der Waals surface area contributed by atoms with Crippen molar-refractivity contribution < 1.29 is 4.79 Å². The third kappa shape index (κ3) is 4.45. The van der Waals surface area contributed by atoms with Crippen molar-refractivity contribution in [1.29, 1.82) is 0 Å². The Morgan fingerprint density at radius 1 is 0.944 bits per heavy atom. The summed E-state index contributed by atoms with van der Waals surface area (Å²) in [5, 5.41) is 12.6. The Labute approximate surface area is 208 Å². The Morgan fingerprint density at radius 2 is 1.61 bits per heavy atom. The molecule has 0 bridgehead atoms. The van der Waals surface area contributed by atoms with E-state index in [-0.39, 0.29) is 11.5 Å². The average molecular weight is 481 g/mol. The summed E-state index contributed by atoms with van der Waals surface area (Å²) in [4.78, 5) is 26.7. The highest BCUT2D eigenvalue weighted by Crippen LogP contribution is 2.25. The van der Waals surface area contributed by atoms with Gasteiger partial charge >= 0.3 is 0 Å². The van der Waals surface area contributed by atoms with Crippen LogP contribution in [-0.4, -0.2) is 36.6 Å². The van der Waals surface area contributed by atoms with Gasteiger partial charge in [0.2, 0.25) is 5.91 Å². The van der Waals surface area contributed by atoms with E-state index in [1.54, 1.807) is 11.6 Å². The number of carbonyl (C=O) groups excluding carboxylic acids is 1. The molecule has 0 aliphatic rings. The highest BCUT2D eigenvalue weighted by Gasteiger charge is 2.25. The molecule has 1 atom stereocenters. The molecule has 1 N–H and O–H groups in total. The summed E-state index contributed by atoms with van der Waals surface area (Å²) < 4.78 is 4.88. The van der Waals surface area contributed by atoms with Gasteiger partial charge < -0.3 is 9.88 Å². The fourth-order valence-electron chi connectivity index (χ4n) is 4.36. The number of para-hydroxylation sites is 1. The van der Waals surface area contributed by atoms with Gasteiger partial charge in [-0.2, -0.15) is 10.2 Å². The molecule has 5 aromatic rings. The second kappa shape index (κ2) is 10.0. The first kappa shape index (κ1) is 23.3. The molecule has 2 aromatic carbocycles. The maximum Gasteiger partial charge on any atom is 0.280 e. The molecule has 3 aromatic heterocycles. The van der Waals surface area contributed by atoms with Crippen LogP contribution in [0.1, 0.15) is 30.6 Å². The molecule has 0 fully saturated rings. The van der Waals surface area contributed by atoms with Crippen molar-refractivity contribution in [2.24, 2.45) is 0 Å². The number of fused-ring (bicyclic) bond motifs is 1. The lowest BCUT2D eigenvalue weighted by Gasteiger charge is -2.15. The number of amides is 1. The maximum atomic E-state index is 13.8. The van der Waals surface area contributed by atoms with Gasteiger partial charge in [-0.1, -0.05) is 48.5 Å². The smallest absolute Gasteiger partial charge is 0.280 e. The molecule has 8 nitrogen and oxygen atoms in total. The maximum absolute atomic E-state index is 13.8. The lowest BCUT2D eigenvalue weighted by Crippen LogP contribution is -2.38. The first-order valence-electron chi connectivity index (χ1n) is 12.1. The molecule has 0 aliphatic heterocycles. The van der Waals surface area contributed by atoms with Crippen molar-refractivity contribution in [2.75, 3.05) is 6.54 Å². The van der Waals surface area contributed by atoms with Crippen LogP contribution in [0.25, 0.3) is 22.4 Å². The van der Waals surface area contributed by atoms with Crippen molar-refractivity contribution in [3.05, 3.63) is 107 Å². The summed E-state index contributed by atoms with van der Waals surface area (Å²) in [5.41, 5.74) is 2.79. The largest absolute Gasteiger partial charge is 0.354 e. The zero-order valence-corrected chi connectivity index (χ0v) is 20.3. The summed E-state index contributed by atoms with van der Waals surface area (Å²) in [6.07, 6.45) is 5.43. The Kier molecular flexibility index (Phi) is 6.49. The lowest BCUT2D eigenvalue weighted by atomic mass is 10.1. The number of aryl methyl sites for hydroxylation is 2. The van der Waals surface area contributed by atoms with Crippen LogP contribution < -0.4 is 10.9 Å². The predicted octanol–water partition coefficient (Wildman–Crippen LogP) is 3.99. The van der Waals surface area contributed by atoms with Crippen LogP contribution in [0.5, 0.6) is 0 Å². The van der Waals surface area contributed by atoms with E-state index in [0.717, 1.165) is 18.5 Å². The zero-order valence-electron chi connectivity index (χ0n) is 20.3. The molecule has 8 heteroatoms. The van der Waals surface area contributed by atoms with Crippen LogP contribution in [0.4, 0.5) is 0 Å². The van der Waals surface area contributed by atoms with Crippen LogP contribution in [0, 0.1) is 6.92 Å². The van der Waals surface area contributed by atoms with Gasteiger partial charge in [-0.05, 0) is 56.5 Å². The molecule has 0 spiro atoms. The van der Waals surface area contributed by atoms with Gasteiger partial charge in [-0.25, -0.2) is 9.36 Å². The minimum Gasteiger partial charge on any atom is -0.354 e. The topological polar surface area (TPSA) is 86.7 Å². The van der Waals surface area contributed by atoms with Crippen molar-refractivity contribution in [3.63, 3.8) is 0 Å². The highest BCUT2D eigenvalue weighted by molar-refractivity contribution is 5.88. The van der Waals surface area contributed by atoms with Crippen LogP contribution in [0.2, 0.25) is 0 Å². The minimum atomic E-state index is -0.769. The van der Waals surface area contributed by atoms with E-state index in [4.69, 9.17) is 5.10 Å². The lowest BCUT2D eigenvalue weighted by molar-refractivity contribution is -0.124. The zero-order chi connectivity index (χ0) is 25.1. The standard InChI is InChI=1S/C28H28N6O2/c1-20-25-24(27(32-18-9-10-19-32)34(31-25)23-15-7-4-8-16-23)28(36)33(30-20)21(2)26(35)29-17-11-14-22-12-5-3-6-13-22/h3-10,12-13,15-16,18-19,21H,11,14,17H2,1-2H3,(H,29,35)/t21-/m0/s1. The van der Waals surface area contributed by atoms with E-state index < -0.39 is 6.04 Å². The van der Waals surface area contributed by atoms with Gasteiger partial charge in [0, 0.05) is 18.9 Å². The van der Waals surface area contributed by atoms with Gasteiger partial charge in [0.1, 0.15) is 16.9 Å². The summed E-state index contributed by atoms with van der Waals surface area (Å²) in [6, 6.07) is 22.8. The van der Waals surface area contributed by atoms with E-state index in [0.29, 0.717) is 29.0 Å². The quantitative estimate of drug-likeness (QED) is 0.340. The van der Waals surface area contributed by atoms with Crippen molar-refractivity contribution in [3.8, 4) is 11.5 Å². The number of benzene rings is 2. The molecule has 1 amide bonds. The SMILES string of the molecule is Cc1nn([C@@H](C)C(=O)NCCCc2ccccc2)c(=O)c2c(-n3cccc3)n(-c3ccccc3)nc12. The van der Waals surface area contributed by atoms with Gasteiger partial charge in [-0.3, -0.25) is 9.59 Å². The highest BCUT2D eigenvalue weighted by atomic mass is 16.2. The second-order valence-corrected chi connectivity index (χ2v) is 8.78. The van der Waals surface area contributed by atoms with Crippen LogP contribution in [0.3, 0.4) is 0 Å². The average Bonchev–Trinajstić information content (AvgIpc) is 3.58. The summed E-state index contributed by atoms with van der Waals surface area (Å²) >= 11 is 0. The number of hydrogen-bond donors (Lipinski definition) is 1. The fraction of sp³-hybridized carbons (Fsp3) is 0.214. The number of nitrogens with zero attached hydrogens (tertiary/aromatic N) is 5. The number of rotatable bonds is 8. The number of nitrogens with one attached hydrogen (secondary N) is 1. The van der Waals surface area contributed by atoms with E-state index in [9.17, 15) is 9.59 Å². The van der Waals surface area contributed by atoms with E-state index in [1.807, 2.05) is 84.5 Å². The molecule has 5 rings (SSSR count). The van der Waals surface area contributed by atoms with Crippen LogP contribution >= 0.6 is 0 Å². The van der Waals surface area contributed by atoms with E-state index in [1.165, 1.54) is 10.2 Å². The van der Waals surface area contributed by atoms with Gasteiger partial charge in [-0.15, -0.1) is 0 Å². The second-order valence-electron chi connectivity index (χ2n) is 8.78. The molecule has 182 valence electrons. The van der Waals surface area contributed by atoms with E-state index in [2.05, 4.69) is 22.5 Å². The van der Waals surface area contributed by atoms with E-state index >= 15 is 0 Å². The molecule has 3 heterocycles. The molecule has 0 saturated carbocycles. The number of carbonyl (C=O) groups is 1. The number of aromatic nitrogens is 5. The van der Waals surface area contributed by atoms with Crippen LogP contribution in [0.15, 0.2) is 90.0 Å². The predicted molar refractivity (Wildman–Crippen MR) is 140 cm³/mol. The molecular formula is C28H28N6O2. The molecule has 36 heavy (non-hydrogen) atoms. The number of hydrogen-bond acceptors (Lipinski definition) is 4. The summed E-state index contributed by atoms with van der Waals surface area (Å²) in [7, 11) is 0.